The molecule has 8 atom stereocenters. The van der Waals surface area contributed by atoms with Crippen molar-refractivity contribution in [1.82, 2.24) is 0 Å². The van der Waals surface area contributed by atoms with Gasteiger partial charge in [0.2, 0.25) is 0 Å². The van der Waals surface area contributed by atoms with Crippen molar-refractivity contribution in [1.29, 1.82) is 0 Å². The first kappa shape index (κ1) is 16.1. The van der Waals surface area contributed by atoms with Crippen LogP contribution in [0.2, 0.25) is 0 Å². The summed E-state index contributed by atoms with van der Waals surface area (Å²) in [5.74, 6) is 0.493. The maximum absolute atomic E-state index is 6.46. The van der Waals surface area contributed by atoms with Gasteiger partial charge >= 0.3 is 0 Å². The summed E-state index contributed by atoms with van der Waals surface area (Å²) < 4.78 is 0. The summed E-state index contributed by atoms with van der Waals surface area (Å²) in [6, 6.07) is 0. The molecule has 0 N–H and O–H groups in total. The third-order valence-electron chi connectivity index (χ3n) is 4.16. The van der Waals surface area contributed by atoms with Crippen molar-refractivity contribution in [3.05, 3.63) is 0 Å². The van der Waals surface area contributed by atoms with Crippen molar-refractivity contribution in [3.63, 3.8) is 0 Å². The zero-order chi connectivity index (χ0) is 13.4. The Hall–Kier alpha value is 1.74. The number of hydrogen-bond donors (Lipinski definition) is 0. The second-order valence-electron chi connectivity index (χ2n) is 5.34. The highest BCUT2D eigenvalue weighted by Gasteiger charge is 2.47. The molecule has 106 valence electrons. The van der Waals surface area contributed by atoms with Crippen LogP contribution < -0.4 is 0 Å². The fraction of sp³-hybridized carbons (Fsp3) is 1.00. The van der Waals surface area contributed by atoms with Crippen LogP contribution in [0, 0.1) is 11.8 Å². The molecule has 2 fully saturated rings. The van der Waals surface area contributed by atoms with E-state index in [9.17, 15) is 0 Å². The summed E-state index contributed by atoms with van der Waals surface area (Å²) in [4.78, 5) is 0. The number of alkyl halides is 6. The van der Waals surface area contributed by atoms with Crippen LogP contribution in [0.15, 0.2) is 0 Å². The molecule has 2 rings (SSSR count). The van der Waals surface area contributed by atoms with E-state index in [1.54, 1.807) is 0 Å². The van der Waals surface area contributed by atoms with E-state index in [0.717, 1.165) is 25.7 Å². The first-order valence-corrected chi connectivity index (χ1v) is 8.88. The maximum atomic E-state index is 6.46. The predicted octanol–water partition coefficient (Wildman–Crippen LogP) is 5.45. The normalized spacial score (nSPS) is 54.3. The van der Waals surface area contributed by atoms with Gasteiger partial charge in [-0.15, -0.1) is 69.6 Å². The average molecular weight is 373 g/mol. The topological polar surface area (TPSA) is 0 Å². The third kappa shape index (κ3) is 3.31. The van der Waals surface area contributed by atoms with Gasteiger partial charge in [0.1, 0.15) is 0 Å². The molecule has 0 aromatic carbocycles. The summed E-state index contributed by atoms with van der Waals surface area (Å²) in [6.45, 7) is 0. The lowest BCUT2D eigenvalue weighted by Crippen LogP contribution is -2.49. The third-order valence-corrected chi connectivity index (χ3v) is 7.65. The molecule has 8 unspecified atom stereocenters. The van der Waals surface area contributed by atoms with Crippen LogP contribution in [0.3, 0.4) is 0 Å². The van der Waals surface area contributed by atoms with E-state index >= 15 is 0 Å². The highest BCUT2D eigenvalue weighted by atomic mass is 35.5. The van der Waals surface area contributed by atoms with Gasteiger partial charge in [-0.25, -0.2) is 0 Å². The van der Waals surface area contributed by atoms with Crippen LogP contribution in [0.1, 0.15) is 25.7 Å². The predicted molar refractivity (Wildman–Crippen MR) is 83.3 cm³/mol. The van der Waals surface area contributed by atoms with E-state index in [2.05, 4.69) is 0 Å². The average Bonchev–Trinajstić information content (AvgIpc) is 2.34. The molecule has 0 spiro atoms. The van der Waals surface area contributed by atoms with Crippen LogP contribution in [-0.2, 0) is 0 Å². The van der Waals surface area contributed by atoms with Gasteiger partial charge in [0, 0.05) is 10.8 Å². The highest BCUT2D eigenvalue weighted by Crippen LogP contribution is 2.47. The van der Waals surface area contributed by atoms with E-state index in [-0.39, 0.29) is 44.1 Å². The Kier molecular flexibility index (Phi) is 5.97. The van der Waals surface area contributed by atoms with E-state index in [1.165, 1.54) is 0 Å². The Morgan fingerprint density at radius 3 is 1.89 bits per heavy atom. The van der Waals surface area contributed by atoms with Crippen molar-refractivity contribution in [2.24, 2.45) is 11.8 Å². The van der Waals surface area contributed by atoms with E-state index < -0.39 is 0 Å². The van der Waals surface area contributed by atoms with Crippen molar-refractivity contribution in [2.75, 3.05) is 0 Å². The summed E-state index contributed by atoms with van der Waals surface area (Å²) >= 11 is 37.9. The lowest BCUT2D eigenvalue weighted by Gasteiger charge is -2.44. The summed E-state index contributed by atoms with van der Waals surface area (Å²) in [6.07, 6.45) is 3.57. The van der Waals surface area contributed by atoms with Crippen LogP contribution in [0.4, 0.5) is 0 Å². The fourth-order valence-electron chi connectivity index (χ4n) is 3.10. The largest absolute Gasteiger partial charge is 0.123 e. The summed E-state index contributed by atoms with van der Waals surface area (Å²) in [5, 5.41) is -0.618. The maximum Gasteiger partial charge on any atom is 0.0680 e. The molecule has 0 heterocycles. The highest BCUT2D eigenvalue weighted by molar-refractivity contribution is 6.38. The van der Waals surface area contributed by atoms with E-state index in [0.29, 0.717) is 0 Å². The zero-order valence-corrected chi connectivity index (χ0v) is 14.3. The van der Waals surface area contributed by atoms with Crippen LogP contribution >= 0.6 is 69.6 Å². The minimum atomic E-state index is -0.311. The first-order valence-electron chi connectivity index (χ1n) is 6.26. The number of halogens is 6. The van der Waals surface area contributed by atoms with Gasteiger partial charge in [-0.05, 0) is 37.5 Å². The molecular formula is C12H16Cl6. The van der Waals surface area contributed by atoms with Crippen LogP contribution in [-0.4, -0.2) is 32.3 Å². The monoisotopic (exact) mass is 370 g/mol. The molecule has 2 aliphatic carbocycles. The molecule has 0 amide bonds. The quantitative estimate of drug-likeness (QED) is 0.537. The second kappa shape index (κ2) is 6.67. The van der Waals surface area contributed by atoms with Crippen LogP contribution in [0.25, 0.3) is 0 Å². The molecule has 0 aliphatic heterocycles. The molecule has 0 saturated heterocycles. The smallest absolute Gasteiger partial charge is 0.0680 e. The van der Waals surface area contributed by atoms with Gasteiger partial charge in [-0.3, -0.25) is 0 Å². The Bertz CT molecular complexity index is 286. The molecule has 2 saturated carbocycles. The standard InChI is InChI=1S/C12H16Cl6/c13-5-1-2-8(14)6(3-5)7-4-9(15)11(17)12(18)10(7)16/h5-12H,1-4H2. The lowest BCUT2D eigenvalue weighted by atomic mass is 9.72. The first-order chi connectivity index (χ1) is 8.41. The van der Waals surface area contributed by atoms with Gasteiger partial charge < -0.3 is 0 Å². The Balaban J connectivity index is 2.11. The van der Waals surface area contributed by atoms with Crippen molar-refractivity contribution in [2.45, 2.75) is 57.9 Å². The molecular weight excluding hydrogens is 357 g/mol. The Labute approximate surface area is 139 Å². The molecule has 6 heteroatoms. The molecule has 0 aromatic heterocycles. The molecule has 0 bridgehead atoms. The van der Waals surface area contributed by atoms with Crippen LogP contribution in [0.5, 0.6) is 0 Å². The van der Waals surface area contributed by atoms with Crippen molar-refractivity contribution in [3.8, 4) is 0 Å². The molecule has 2 aliphatic rings. The van der Waals surface area contributed by atoms with E-state index in [4.69, 9.17) is 69.6 Å². The minimum Gasteiger partial charge on any atom is -0.123 e. The zero-order valence-electron chi connectivity index (χ0n) is 9.72. The summed E-state index contributed by atoms with van der Waals surface area (Å²) in [7, 11) is 0. The van der Waals surface area contributed by atoms with Gasteiger partial charge in [-0.1, -0.05) is 0 Å². The van der Waals surface area contributed by atoms with Gasteiger partial charge in [-0.2, -0.15) is 0 Å². The Morgan fingerprint density at radius 1 is 0.556 bits per heavy atom. The van der Waals surface area contributed by atoms with Gasteiger partial charge in [0.15, 0.2) is 0 Å². The molecule has 0 nitrogen and oxygen atoms in total. The molecule has 0 aromatic rings. The van der Waals surface area contributed by atoms with Gasteiger partial charge in [0.05, 0.1) is 21.5 Å². The van der Waals surface area contributed by atoms with Gasteiger partial charge in [0.25, 0.3) is 0 Å². The Morgan fingerprint density at radius 2 is 1.22 bits per heavy atom. The molecule has 18 heavy (non-hydrogen) atoms. The van der Waals surface area contributed by atoms with Crippen molar-refractivity contribution >= 4 is 69.6 Å². The van der Waals surface area contributed by atoms with Crippen molar-refractivity contribution < 1.29 is 0 Å². The molecule has 0 radical (unpaired) electrons. The van der Waals surface area contributed by atoms with E-state index in [1.807, 2.05) is 0 Å². The fourth-order valence-corrected chi connectivity index (χ4v) is 5.43. The lowest BCUT2D eigenvalue weighted by molar-refractivity contribution is 0.212. The SMILES string of the molecule is ClC1CCC(Cl)C(C2CC(Cl)C(Cl)C(Cl)C2Cl)C1. The second-order valence-corrected chi connectivity index (χ2v) is 8.59. The summed E-state index contributed by atoms with van der Waals surface area (Å²) in [5.41, 5.74) is 0. The number of hydrogen-bond acceptors (Lipinski definition) is 0. The minimum absolute atomic E-state index is 0.117. The number of rotatable bonds is 1.